The minimum Gasteiger partial charge on any atom is -0.294 e. The van der Waals surface area contributed by atoms with Crippen LogP contribution < -0.4 is 0 Å². The molecule has 21 heavy (non-hydrogen) atoms. The van der Waals surface area contributed by atoms with Crippen LogP contribution >= 0.6 is 27.5 Å². The first-order valence-corrected chi connectivity index (χ1v) is 8.30. The predicted molar refractivity (Wildman–Crippen MR) is 90.3 cm³/mol. The monoisotopic (exact) mass is 362 g/mol. The number of carbonyl (C=O) groups excluding carboxylic acids is 1. The maximum atomic E-state index is 12.5. The molecule has 108 valence electrons. The quantitative estimate of drug-likeness (QED) is 0.635. The van der Waals surface area contributed by atoms with Gasteiger partial charge in [0.2, 0.25) is 0 Å². The van der Waals surface area contributed by atoms with Crippen molar-refractivity contribution in [1.82, 2.24) is 0 Å². The van der Waals surface area contributed by atoms with E-state index in [-0.39, 0.29) is 5.78 Å². The van der Waals surface area contributed by atoms with Crippen LogP contribution in [0, 0.1) is 6.92 Å². The van der Waals surface area contributed by atoms with E-state index in [1.807, 2.05) is 31.2 Å². The molecule has 0 aromatic heterocycles. The number of hydrogen-bond donors (Lipinski definition) is 0. The molecule has 1 fully saturated rings. The maximum Gasteiger partial charge on any atom is 0.167 e. The first-order chi connectivity index (χ1) is 10.1. The molecule has 3 heteroatoms. The molecule has 2 aromatic carbocycles. The fraction of sp³-hybridized carbons (Fsp3) is 0.278. The largest absolute Gasteiger partial charge is 0.294 e. The highest BCUT2D eigenvalue weighted by Crippen LogP contribution is 2.40. The zero-order chi connectivity index (χ0) is 15.0. The van der Waals surface area contributed by atoms with Gasteiger partial charge in [-0.15, -0.1) is 0 Å². The predicted octanol–water partition coefficient (Wildman–Crippen LogP) is 5.71. The van der Waals surface area contributed by atoms with E-state index < -0.39 is 0 Å². The summed E-state index contributed by atoms with van der Waals surface area (Å²) in [6.07, 6.45) is 2.89. The Bertz CT molecular complexity index is 704. The van der Waals surface area contributed by atoms with Crippen molar-refractivity contribution < 1.29 is 4.79 Å². The minimum atomic E-state index is 0.120. The lowest BCUT2D eigenvalue weighted by Gasteiger charge is -2.09. The van der Waals surface area contributed by atoms with Crippen LogP contribution in [-0.4, -0.2) is 5.78 Å². The van der Waals surface area contributed by atoms with Crippen LogP contribution in [0.1, 0.15) is 45.8 Å². The third-order valence-corrected chi connectivity index (χ3v) is 5.32. The number of Topliss-reactive ketones (excluding diaryl/α,β-unsaturated/α-hetero) is 1. The molecule has 0 N–H and O–H groups in total. The first kappa shape index (κ1) is 14.8. The average molecular weight is 364 g/mol. The number of halogens is 2. The Labute approximate surface area is 138 Å². The van der Waals surface area contributed by atoms with Gasteiger partial charge in [0.25, 0.3) is 0 Å². The first-order valence-electron chi connectivity index (χ1n) is 7.13. The second-order valence-corrected chi connectivity index (χ2v) is 6.89. The van der Waals surface area contributed by atoms with Crippen LogP contribution in [0.25, 0.3) is 0 Å². The van der Waals surface area contributed by atoms with E-state index in [2.05, 4.69) is 28.1 Å². The van der Waals surface area contributed by atoms with E-state index in [1.54, 1.807) is 0 Å². The van der Waals surface area contributed by atoms with Crippen molar-refractivity contribution in [1.29, 1.82) is 0 Å². The Morgan fingerprint density at radius 3 is 2.71 bits per heavy atom. The number of ketones is 1. The zero-order valence-corrected chi connectivity index (χ0v) is 14.2. The topological polar surface area (TPSA) is 17.1 Å². The van der Waals surface area contributed by atoms with Crippen LogP contribution in [0.4, 0.5) is 0 Å². The number of aryl methyl sites for hydroxylation is 1. The lowest BCUT2D eigenvalue weighted by molar-refractivity contribution is 0.0992. The molecule has 0 bridgehead atoms. The summed E-state index contributed by atoms with van der Waals surface area (Å²) in [4.78, 5) is 12.5. The summed E-state index contributed by atoms with van der Waals surface area (Å²) in [6, 6.07) is 11.9. The van der Waals surface area contributed by atoms with Gasteiger partial charge in [-0.1, -0.05) is 41.9 Å². The molecule has 1 aliphatic rings. The summed E-state index contributed by atoms with van der Waals surface area (Å²) >= 11 is 9.64. The van der Waals surface area contributed by atoms with Gasteiger partial charge in [-0.2, -0.15) is 0 Å². The third-order valence-electron chi connectivity index (χ3n) is 3.98. The van der Waals surface area contributed by atoms with Gasteiger partial charge in [0.15, 0.2) is 5.78 Å². The van der Waals surface area contributed by atoms with Gasteiger partial charge in [0, 0.05) is 16.5 Å². The Morgan fingerprint density at radius 1 is 1.29 bits per heavy atom. The van der Waals surface area contributed by atoms with E-state index in [0.29, 0.717) is 17.4 Å². The SMILES string of the molecule is Cc1cc(C2CC2)ccc1C(=O)Cc1cccc(Br)c1Cl. The highest BCUT2D eigenvalue weighted by molar-refractivity contribution is 9.10. The van der Waals surface area contributed by atoms with E-state index in [1.165, 1.54) is 18.4 Å². The smallest absolute Gasteiger partial charge is 0.167 e. The summed E-state index contributed by atoms with van der Waals surface area (Å²) in [5, 5.41) is 0.623. The second-order valence-electron chi connectivity index (χ2n) is 5.66. The number of benzene rings is 2. The summed E-state index contributed by atoms with van der Waals surface area (Å²) < 4.78 is 0.829. The highest BCUT2D eigenvalue weighted by atomic mass is 79.9. The van der Waals surface area contributed by atoms with Crippen molar-refractivity contribution in [3.05, 3.63) is 68.1 Å². The van der Waals surface area contributed by atoms with Gasteiger partial charge in [0.1, 0.15) is 0 Å². The summed E-state index contributed by atoms with van der Waals surface area (Å²) in [5.41, 5.74) is 4.09. The Morgan fingerprint density at radius 2 is 2.05 bits per heavy atom. The molecule has 0 amide bonds. The maximum absolute atomic E-state index is 12.5. The molecule has 3 rings (SSSR count). The lowest BCUT2D eigenvalue weighted by Crippen LogP contribution is -2.06. The summed E-state index contributed by atoms with van der Waals surface area (Å²) in [6.45, 7) is 2.02. The molecule has 1 nitrogen and oxygen atoms in total. The Balaban J connectivity index is 1.83. The molecule has 0 radical (unpaired) electrons. The molecule has 2 aromatic rings. The van der Waals surface area contributed by atoms with Crippen LogP contribution in [0.5, 0.6) is 0 Å². The lowest BCUT2D eigenvalue weighted by atomic mass is 9.96. The molecule has 0 aliphatic heterocycles. The van der Waals surface area contributed by atoms with Crippen LogP contribution in [0.3, 0.4) is 0 Å². The Hall–Kier alpha value is -1.12. The average Bonchev–Trinajstić information content (AvgIpc) is 3.28. The van der Waals surface area contributed by atoms with E-state index >= 15 is 0 Å². The highest BCUT2D eigenvalue weighted by Gasteiger charge is 2.24. The van der Waals surface area contributed by atoms with Crippen molar-refractivity contribution in [2.24, 2.45) is 0 Å². The second kappa shape index (κ2) is 5.94. The molecule has 0 atom stereocenters. The van der Waals surface area contributed by atoms with E-state index in [4.69, 9.17) is 11.6 Å². The summed E-state index contributed by atoms with van der Waals surface area (Å²) in [5.74, 6) is 0.835. The van der Waals surface area contributed by atoms with E-state index in [0.717, 1.165) is 21.2 Å². The number of rotatable bonds is 4. The molecule has 0 saturated heterocycles. The van der Waals surface area contributed by atoms with Gasteiger partial charge >= 0.3 is 0 Å². The standard InChI is InChI=1S/C18H16BrClO/c1-11-9-13(12-5-6-12)7-8-15(11)17(21)10-14-3-2-4-16(19)18(14)20/h2-4,7-9,12H,5-6,10H2,1H3. The van der Waals surface area contributed by atoms with E-state index in [9.17, 15) is 4.79 Å². The van der Waals surface area contributed by atoms with Crippen LogP contribution in [0.15, 0.2) is 40.9 Å². The van der Waals surface area contributed by atoms with Gasteiger partial charge in [0.05, 0.1) is 5.02 Å². The molecular weight excluding hydrogens is 348 g/mol. The van der Waals surface area contributed by atoms with Crippen LogP contribution in [0.2, 0.25) is 5.02 Å². The normalized spacial score (nSPS) is 14.2. The molecule has 0 unspecified atom stereocenters. The molecular formula is C18H16BrClO. The zero-order valence-electron chi connectivity index (χ0n) is 11.8. The molecule has 1 saturated carbocycles. The van der Waals surface area contributed by atoms with Crippen molar-refractivity contribution >= 4 is 33.3 Å². The number of carbonyl (C=O) groups is 1. The molecule has 1 aliphatic carbocycles. The van der Waals surface area contributed by atoms with Gasteiger partial charge in [-0.25, -0.2) is 0 Å². The molecule has 0 spiro atoms. The van der Waals surface area contributed by atoms with Gasteiger partial charge in [-0.05, 0) is 64.4 Å². The van der Waals surface area contributed by atoms with Crippen molar-refractivity contribution in [3.63, 3.8) is 0 Å². The van der Waals surface area contributed by atoms with Gasteiger partial charge < -0.3 is 0 Å². The third kappa shape index (κ3) is 3.22. The van der Waals surface area contributed by atoms with Crippen molar-refractivity contribution in [2.75, 3.05) is 0 Å². The minimum absolute atomic E-state index is 0.120. The summed E-state index contributed by atoms with van der Waals surface area (Å²) in [7, 11) is 0. The number of hydrogen-bond acceptors (Lipinski definition) is 1. The fourth-order valence-electron chi connectivity index (χ4n) is 2.62. The van der Waals surface area contributed by atoms with Crippen LogP contribution in [-0.2, 0) is 6.42 Å². The molecule has 0 heterocycles. The van der Waals surface area contributed by atoms with Crippen molar-refractivity contribution in [3.8, 4) is 0 Å². The Kier molecular flexibility index (Phi) is 4.19. The van der Waals surface area contributed by atoms with Gasteiger partial charge in [-0.3, -0.25) is 4.79 Å². The fourth-order valence-corrected chi connectivity index (χ4v) is 3.22. The van der Waals surface area contributed by atoms with Crippen molar-refractivity contribution in [2.45, 2.75) is 32.1 Å².